The van der Waals surface area contributed by atoms with Gasteiger partial charge in [-0.15, -0.1) is 12.4 Å². The average Bonchev–Trinajstić information content (AvgIpc) is 2.61. The van der Waals surface area contributed by atoms with Crippen LogP contribution in [0.5, 0.6) is 11.5 Å². The van der Waals surface area contributed by atoms with Crippen molar-refractivity contribution in [3.63, 3.8) is 0 Å². The molecule has 3 atom stereocenters. The Morgan fingerprint density at radius 1 is 1.28 bits per heavy atom. The summed E-state index contributed by atoms with van der Waals surface area (Å²) in [6.07, 6.45) is 3.00. The van der Waals surface area contributed by atoms with Crippen LogP contribution in [0.3, 0.4) is 0 Å². The summed E-state index contributed by atoms with van der Waals surface area (Å²) < 4.78 is 10.6. The maximum atomic E-state index is 12.4. The lowest BCUT2D eigenvalue weighted by Gasteiger charge is -2.28. The standard InChI is InChI=1S/C19H30N2O3.ClH/c1-13(16-6-5-9-20-12-16)10-19(22)21-14(2)15-7-8-17(23-3)18(11-15)24-4;/h7-8,11,13-14,16,20H,5-6,9-10,12H2,1-4H3,(H,21,22);1H. The Kier molecular flexibility index (Phi) is 9.08. The number of nitrogens with one attached hydrogen (secondary N) is 2. The molecule has 142 valence electrons. The molecule has 1 saturated heterocycles. The molecule has 25 heavy (non-hydrogen) atoms. The Morgan fingerprint density at radius 2 is 2.00 bits per heavy atom. The third-order valence-electron chi connectivity index (χ3n) is 4.93. The third-order valence-corrected chi connectivity index (χ3v) is 4.93. The van der Waals surface area contributed by atoms with Crippen molar-refractivity contribution >= 4 is 18.3 Å². The highest BCUT2D eigenvalue weighted by Gasteiger charge is 2.22. The van der Waals surface area contributed by atoms with E-state index in [1.165, 1.54) is 12.8 Å². The summed E-state index contributed by atoms with van der Waals surface area (Å²) in [5.74, 6) is 2.47. The Bertz CT molecular complexity index is 547. The van der Waals surface area contributed by atoms with Crippen LogP contribution in [0.15, 0.2) is 18.2 Å². The minimum absolute atomic E-state index is 0. The fraction of sp³-hybridized carbons (Fsp3) is 0.632. The van der Waals surface area contributed by atoms with Gasteiger partial charge in [-0.1, -0.05) is 13.0 Å². The number of piperidine rings is 1. The molecule has 2 rings (SSSR count). The molecule has 0 aromatic heterocycles. The minimum Gasteiger partial charge on any atom is -0.493 e. The van der Waals surface area contributed by atoms with Gasteiger partial charge in [-0.3, -0.25) is 4.79 Å². The number of carbonyl (C=O) groups excluding carboxylic acids is 1. The first-order valence-corrected chi connectivity index (χ1v) is 8.77. The van der Waals surface area contributed by atoms with Gasteiger partial charge in [-0.2, -0.15) is 0 Å². The highest BCUT2D eigenvalue weighted by molar-refractivity contribution is 5.85. The number of hydrogen-bond donors (Lipinski definition) is 2. The molecule has 0 radical (unpaired) electrons. The van der Waals surface area contributed by atoms with E-state index >= 15 is 0 Å². The van der Waals surface area contributed by atoms with Crippen molar-refractivity contribution < 1.29 is 14.3 Å². The van der Waals surface area contributed by atoms with E-state index in [4.69, 9.17) is 9.47 Å². The summed E-state index contributed by atoms with van der Waals surface area (Å²) in [6, 6.07) is 5.68. The van der Waals surface area contributed by atoms with E-state index in [-0.39, 0.29) is 24.4 Å². The van der Waals surface area contributed by atoms with Gasteiger partial charge in [0.25, 0.3) is 0 Å². The van der Waals surface area contributed by atoms with Gasteiger partial charge >= 0.3 is 0 Å². The van der Waals surface area contributed by atoms with Crippen LogP contribution < -0.4 is 20.1 Å². The molecule has 1 aromatic rings. The van der Waals surface area contributed by atoms with Gasteiger partial charge in [0.05, 0.1) is 20.3 Å². The highest BCUT2D eigenvalue weighted by atomic mass is 35.5. The predicted molar refractivity (Wildman–Crippen MR) is 103 cm³/mol. The SMILES string of the molecule is COc1ccc(C(C)NC(=O)CC(C)C2CCCNC2)cc1OC.Cl. The molecule has 1 heterocycles. The molecule has 1 aliphatic heterocycles. The lowest BCUT2D eigenvalue weighted by atomic mass is 9.85. The second-order valence-corrected chi connectivity index (χ2v) is 6.69. The Hall–Kier alpha value is -1.46. The van der Waals surface area contributed by atoms with Gasteiger partial charge in [0.1, 0.15) is 0 Å². The summed E-state index contributed by atoms with van der Waals surface area (Å²) in [4.78, 5) is 12.4. The van der Waals surface area contributed by atoms with Crippen molar-refractivity contribution in [3.05, 3.63) is 23.8 Å². The summed E-state index contributed by atoms with van der Waals surface area (Å²) in [6.45, 7) is 6.30. The van der Waals surface area contributed by atoms with Crippen LogP contribution in [0.4, 0.5) is 0 Å². The van der Waals surface area contributed by atoms with Gasteiger partial charge in [0.2, 0.25) is 5.91 Å². The maximum absolute atomic E-state index is 12.4. The molecule has 0 spiro atoms. The molecule has 0 saturated carbocycles. The van der Waals surface area contributed by atoms with Crippen molar-refractivity contribution in [2.45, 2.75) is 39.2 Å². The molecule has 1 aromatic carbocycles. The van der Waals surface area contributed by atoms with Crippen molar-refractivity contribution in [2.75, 3.05) is 27.3 Å². The van der Waals surface area contributed by atoms with Crippen molar-refractivity contribution in [1.82, 2.24) is 10.6 Å². The maximum Gasteiger partial charge on any atom is 0.220 e. The first kappa shape index (κ1) is 21.6. The monoisotopic (exact) mass is 370 g/mol. The molecule has 1 fully saturated rings. The van der Waals surface area contributed by atoms with Crippen LogP contribution in [0.25, 0.3) is 0 Å². The topological polar surface area (TPSA) is 59.6 Å². The molecule has 0 aliphatic carbocycles. The van der Waals surface area contributed by atoms with Crippen LogP contribution in [-0.4, -0.2) is 33.2 Å². The first-order valence-electron chi connectivity index (χ1n) is 8.77. The van der Waals surface area contributed by atoms with Crippen molar-refractivity contribution in [1.29, 1.82) is 0 Å². The van der Waals surface area contributed by atoms with Gasteiger partial charge in [0.15, 0.2) is 11.5 Å². The van der Waals surface area contributed by atoms with Crippen LogP contribution in [0.2, 0.25) is 0 Å². The number of amides is 1. The zero-order valence-corrected chi connectivity index (χ0v) is 16.4. The van der Waals surface area contributed by atoms with Gasteiger partial charge in [-0.05, 0) is 62.4 Å². The zero-order valence-electron chi connectivity index (χ0n) is 15.6. The van der Waals surface area contributed by atoms with E-state index < -0.39 is 0 Å². The number of halogens is 1. The predicted octanol–water partition coefficient (Wildman–Crippen LogP) is 3.33. The first-order chi connectivity index (χ1) is 11.5. The Morgan fingerprint density at radius 3 is 2.60 bits per heavy atom. The number of hydrogen-bond acceptors (Lipinski definition) is 4. The lowest BCUT2D eigenvalue weighted by molar-refractivity contribution is -0.123. The second kappa shape index (κ2) is 10.5. The lowest BCUT2D eigenvalue weighted by Crippen LogP contribution is -2.36. The Labute approximate surface area is 157 Å². The van der Waals surface area contributed by atoms with Crippen LogP contribution >= 0.6 is 12.4 Å². The van der Waals surface area contributed by atoms with Gasteiger partial charge in [-0.25, -0.2) is 0 Å². The Balaban J connectivity index is 0.00000312. The van der Waals surface area contributed by atoms with E-state index in [0.29, 0.717) is 29.8 Å². The van der Waals surface area contributed by atoms with Gasteiger partial charge < -0.3 is 20.1 Å². The molecule has 2 N–H and O–H groups in total. The van der Waals surface area contributed by atoms with E-state index in [1.807, 2.05) is 25.1 Å². The number of methoxy groups -OCH3 is 2. The van der Waals surface area contributed by atoms with Crippen LogP contribution in [0.1, 0.15) is 44.7 Å². The molecular weight excluding hydrogens is 340 g/mol. The highest BCUT2D eigenvalue weighted by Crippen LogP contribution is 2.30. The number of carbonyl (C=O) groups is 1. The van der Waals surface area contributed by atoms with Crippen molar-refractivity contribution in [3.8, 4) is 11.5 Å². The minimum atomic E-state index is -0.0611. The normalized spacial score (nSPS) is 19.3. The summed E-state index contributed by atoms with van der Waals surface area (Å²) in [5, 5.41) is 6.52. The third kappa shape index (κ3) is 6.08. The van der Waals surface area contributed by atoms with E-state index in [0.717, 1.165) is 18.7 Å². The van der Waals surface area contributed by atoms with Gasteiger partial charge in [0, 0.05) is 6.42 Å². The van der Waals surface area contributed by atoms with Crippen molar-refractivity contribution in [2.24, 2.45) is 11.8 Å². The van der Waals surface area contributed by atoms with E-state index in [1.54, 1.807) is 14.2 Å². The van der Waals surface area contributed by atoms with Crippen LogP contribution in [-0.2, 0) is 4.79 Å². The molecule has 0 bridgehead atoms. The molecule has 1 aliphatic rings. The number of rotatable bonds is 7. The average molecular weight is 371 g/mol. The fourth-order valence-corrected chi connectivity index (χ4v) is 3.33. The largest absolute Gasteiger partial charge is 0.493 e. The van der Waals surface area contributed by atoms with Crippen LogP contribution in [0, 0.1) is 11.8 Å². The fourth-order valence-electron chi connectivity index (χ4n) is 3.33. The number of benzene rings is 1. The molecule has 5 nitrogen and oxygen atoms in total. The molecule has 3 unspecified atom stereocenters. The zero-order chi connectivity index (χ0) is 17.5. The molecule has 6 heteroatoms. The summed E-state index contributed by atoms with van der Waals surface area (Å²) >= 11 is 0. The molecular formula is C19H31ClN2O3. The smallest absolute Gasteiger partial charge is 0.220 e. The molecule has 1 amide bonds. The van der Waals surface area contributed by atoms with E-state index in [9.17, 15) is 4.79 Å². The summed E-state index contributed by atoms with van der Waals surface area (Å²) in [7, 11) is 3.23. The second-order valence-electron chi connectivity index (χ2n) is 6.69. The summed E-state index contributed by atoms with van der Waals surface area (Å²) in [5.41, 5.74) is 1.01. The van der Waals surface area contributed by atoms with E-state index in [2.05, 4.69) is 17.6 Å². The number of ether oxygens (including phenoxy) is 2. The quantitative estimate of drug-likeness (QED) is 0.772.